The van der Waals surface area contributed by atoms with E-state index < -0.39 is 12.0 Å². The first-order valence-corrected chi connectivity index (χ1v) is 11.8. The van der Waals surface area contributed by atoms with Crippen LogP contribution in [-0.2, 0) is 9.59 Å². The fourth-order valence-electron chi connectivity index (χ4n) is 4.40. The number of methoxy groups -OCH3 is 1. The molecule has 3 atom stereocenters. The predicted molar refractivity (Wildman–Crippen MR) is 130 cm³/mol. The van der Waals surface area contributed by atoms with Crippen molar-refractivity contribution in [3.8, 4) is 23.0 Å². The Kier molecular flexibility index (Phi) is 7.74. The highest BCUT2D eigenvalue weighted by atomic mass is 16.6. The van der Waals surface area contributed by atoms with Crippen molar-refractivity contribution in [3.63, 3.8) is 0 Å². The first kappa shape index (κ1) is 24.4. The summed E-state index contributed by atoms with van der Waals surface area (Å²) in [6.45, 7) is 4.20. The number of hydrogen-bond acceptors (Lipinski definition) is 7. The molecule has 9 nitrogen and oxygen atoms in total. The van der Waals surface area contributed by atoms with Crippen LogP contribution in [0, 0.1) is 0 Å². The van der Waals surface area contributed by atoms with Gasteiger partial charge in [-0.3, -0.25) is 9.59 Å². The van der Waals surface area contributed by atoms with Crippen LogP contribution in [0.5, 0.6) is 23.0 Å². The van der Waals surface area contributed by atoms with Gasteiger partial charge in [0.25, 0.3) is 11.8 Å². The van der Waals surface area contributed by atoms with Gasteiger partial charge in [-0.25, -0.2) is 5.43 Å². The van der Waals surface area contributed by atoms with E-state index in [9.17, 15) is 9.59 Å². The second kappa shape index (κ2) is 11.1. The number of carbonyl (C=O) groups excluding carboxylic acids is 2. The number of fused-ring (bicyclic) bond motifs is 1. The molecule has 2 amide bonds. The highest BCUT2D eigenvalue weighted by Gasteiger charge is 2.29. The highest BCUT2D eigenvalue weighted by molar-refractivity contribution is 5.85. The van der Waals surface area contributed by atoms with Crippen molar-refractivity contribution in [1.82, 2.24) is 10.3 Å². The lowest BCUT2D eigenvalue weighted by Crippen LogP contribution is -2.49. The molecule has 0 spiro atoms. The topological polar surface area (TPSA) is 98.7 Å². The average Bonchev–Trinajstić information content (AvgIpc) is 2.87. The van der Waals surface area contributed by atoms with Gasteiger partial charge in [-0.1, -0.05) is 12.1 Å². The van der Waals surface area contributed by atoms with Crippen molar-refractivity contribution in [2.24, 2.45) is 5.10 Å². The lowest BCUT2D eigenvalue weighted by molar-refractivity contribution is -0.139. The van der Waals surface area contributed by atoms with E-state index in [2.05, 4.69) is 24.4 Å². The molecular weight excluding hydrogens is 450 g/mol. The fourth-order valence-corrected chi connectivity index (χ4v) is 4.40. The summed E-state index contributed by atoms with van der Waals surface area (Å²) in [7, 11) is 1.53. The second-order valence-corrected chi connectivity index (χ2v) is 8.73. The second-order valence-electron chi connectivity index (χ2n) is 8.73. The number of hydrazone groups is 1. The Hall–Kier alpha value is -3.75. The number of ether oxygens (including phenoxy) is 4. The number of nitrogens with one attached hydrogen (secondary N) is 1. The SMILES string of the molecule is COc1cc(C=NNC(=O)C2COc3ccccc3O2)ccc1OCC(=O)N1C(C)CCCC1C. The average molecular weight is 482 g/mol. The number of carbonyl (C=O) groups is 2. The zero-order chi connectivity index (χ0) is 24.8. The Morgan fingerprint density at radius 2 is 1.86 bits per heavy atom. The van der Waals surface area contributed by atoms with Gasteiger partial charge in [0, 0.05) is 12.1 Å². The molecule has 2 heterocycles. The zero-order valence-corrected chi connectivity index (χ0v) is 20.2. The van der Waals surface area contributed by atoms with Crippen molar-refractivity contribution in [2.45, 2.75) is 51.3 Å². The van der Waals surface area contributed by atoms with E-state index in [1.165, 1.54) is 13.3 Å². The van der Waals surface area contributed by atoms with Crippen LogP contribution >= 0.6 is 0 Å². The monoisotopic (exact) mass is 481 g/mol. The number of para-hydroxylation sites is 2. The molecule has 3 unspecified atom stereocenters. The summed E-state index contributed by atoms with van der Waals surface area (Å²) < 4.78 is 22.4. The molecule has 0 saturated carbocycles. The van der Waals surface area contributed by atoms with Crippen molar-refractivity contribution in [1.29, 1.82) is 0 Å². The quantitative estimate of drug-likeness (QED) is 0.482. The van der Waals surface area contributed by atoms with Gasteiger partial charge >= 0.3 is 0 Å². The molecule has 4 rings (SSSR count). The fraction of sp³-hybridized carbons (Fsp3) is 0.423. The third-order valence-corrected chi connectivity index (χ3v) is 6.21. The summed E-state index contributed by atoms with van der Waals surface area (Å²) in [4.78, 5) is 27.0. The standard InChI is InChI=1S/C26H31N3O6/c1-17-7-6-8-18(2)29(17)25(30)16-34-21-12-11-19(13-23(21)32-3)14-27-28-26(31)24-15-33-20-9-4-5-10-22(20)35-24/h4-5,9-14,17-18,24H,6-8,15-16H2,1-3H3,(H,28,31). The van der Waals surface area contributed by atoms with Crippen molar-refractivity contribution in [3.05, 3.63) is 48.0 Å². The van der Waals surface area contributed by atoms with Crippen molar-refractivity contribution < 1.29 is 28.5 Å². The number of likely N-dealkylation sites (tertiary alicyclic amines) is 1. The molecule has 2 aromatic rings. The lowest BCUT2D eigenvalue weighted by Gasteiger charge is -2.39. The number of hydrogen-bond donors (Lipinski definition) is 1. The molecule has 1 fully saturated rings. The maximum atomic E-state index is 12.7. The minimum Gasteiger partial charge on any atom is -0.493 e. The number of piperidine rings is 1. The Morgan fingerprint density at radius 3 is 2.60 bits per heavy atom. The number of nitrogens with zero attached hydrogens (tertiary/aromatic N) is 2. The van der Waals surface area contributed by atoms with E-state index in [4.69, 9.17) is 18.9 Å². The van der Waals surface area contributed by atoms with E-state index in [1.807, 2.05) is 17.0 Å². The molecule has 0 radical (unpaired) electrons. The molecule has 2 aromatic carbocycles. The molecule has 186 valence electrons. The maximum absolute atomic E-state index is 12.7. The number of amides is 2. The minimum atomic E-state index is -0.796. The third kappa shape index (κ3) is 5.85. The van der Waals surface area contributed by atoms with Crippen LogP contribution in [0.2, 0.25) is 0 Å². The zero-order valence-electron chi connectivity index (χ0n) is 20.2. The van der Waals surface area contributed by atoms with Gasteiger partial charge in [0.15, 0.2) is 29.6 Å². The molecule has 9 heteroatoms. The molecule has 35 heavy (non-hydrogen) atoms. The van der Waals surface area contributed by atoms with E-state index in [-0.39, 0.29) is 31.2 Å². The van der Waals surface area contributed by atoms with E-state index >= 15 is 0 Å². The van der Waals surface area contributed by atoms with E-state index in [0.717, 1.165) is 19.3 Å². The summed E-state index contributed by atoms with van der Waals surface area (Å²) in [6.07, 6.45) is 3.85. The first-order valence-electron chi connectivity index (χ1n) is 11.8. The number of benzene rings is 2. The molecule has 0 bridgehead atoms. The van der Waals surface area contributed by atoms with Crippen molar-refractivity contribution >= 4 is 18.0 Å². The molecule has 1 N–H and O–H groups in total. The van der Waals surface area contributed by atoms with Gasteiger partial charge in [-0.2, -0.15) is 5.10 Å². The Morgan fingerprint density at radius 1 is 1.11 bits per heavy atom. The molecule has 1 saturated heterocycles. The van der Waals surface area contributed by atoms with Gasteiger partial charge in [0.1, 0.15) is 6.61 Å². The van der Waals surface area contributed by atoms with Crippen molar-refractivity contribution in [2.75, 3.05) is 20.3 Å². The number of rotatable bonds is 7. The third-order valence-electron chi connectivity index (χ3n) is 6.21. The summed E-state index contributed by atoms with van der Waals surface area (Å²) >= 11 is 0. The van der Waals surface area contributed by atoms with E-state index in [1.54, 1.807) is 30.3 Å². The minimum absolute atomic E-state index is 0.0309. The normalized spacial score (nSPS) is 21.5. The maximum Gasteiger partial charge on any atom is 0.284 e. The highest BCUT2D eigenvalue weighted by Crippen LogP contribution is 2.31. The summed E-state index contributed by atoms with van der Waals surface area (Å²) in [5, 5.41) is 4.01. The lowest BCUT2D eigenvalue weighted by atomic mass is 9.97. The molecule has 2 aliphatic rings. The Balaban J connectivity index is 1.31. The molecule has 0 aromatic heterocycles. The summed E-state index contributed by atoms with van der Waals surface area (Å²) in [5.74, 6) is 1.61. The molecular formula is C26H31N3O6. The van der Waals surface area contributed by atoms with Crippen LogP contribution in [0.1, 0.15) is 38.7 Å². The van der Waals surface area contributed by atoms with Crippen LogP contribution < -0.4 is 24.4 Å². The van der Waals surface area contributed by atoms with Crippen LogP contribution in [0.3, 0.4) is 0 Å². The van der Waals surface area contributed by atoms with Crippen LogP contribution in [0.15, 0.2) is 47.6 Å². The van der Waals surface area contributed by atoms with Crippen LogP contribution in [-0.4, -0.2) is 61.4 Å². The Bertz CT molecular complexity index is 1080. The van der Waals surface area contributed by atoms with Gasteiger partial charge < -0.3 is 23.8 Å². The van der Waals surface area contributed by atoms with Crippen LogP contribution in [0.4, 0.5) is 0 Å². The smallest absolute Gasteiger partial charge is 0.284 e. The largest absolute Gasteiger partial charge is 0.493 e. The molecule has 0 aliphatic carbocycles. The molecule has 2 aliphatic heterocycles. The summed E-state index contributed by atoms with van der Waals surface area (Å²) in [6, 6.07) is 12.8. The van der Waals surface area contributed by atoms with Gasteiger partial charge in [-0.15, -0.1) is 0 Å². The van der Waals surface area contributed by atoms with Gasteiger partial charge in [0.05, 0.1) is 13.3 Å². The van der Waals surface area contributed by atoms with E-state index in [0.29, 0.717) is 28.6 Å². The Labute approximate surface area is 205 Å². The van der Waals surface area contributed by atoms with Gasteiger partial charge in [-0.05, 0) is 69.0 Å². The van der Waals surface area contributed by atoms with Crippen LogP contribution in [0.25, 0.3) is 0 Å². The summed E-state index contributed by atoms with van der Waals surface area (Å²) in [5.41, 5.74) is 3.16. The first-order chi connectivity index (χ1) is 17.0. The predicted octanol–water partition coefficient (Wildman–Crippen LogP) is 3.15. The van der Waals surface area contributed by atoms with Gasteiger partial charge in [0.2, 0.25) is 6.10 Å².